The van der Waals surface area contributed by atoms with E-state index in [-0.39, 0.29) is 5.69 Å². The summed E-state index contributed by atoms with van der Waals surface area (Å²) in [6.07, 6.45) is 6.75. The summed E-state index contributed by atoms with van der Waals surface area (Å²) in [7, 11) is 2.04. The zero-order valence-corrected chi connectivity index (χ0v) is 35.7. The molecule has 0 unspecified atom stereocenters. The van der Waals surface area contributed by atoms with E-state index in [0.717, 1.165) is 102 Å². The van der Waals surface area contributed by atoms with Crippen LogP contribution < -0.4 is 9.64 Å². The summed E-state index contributed by atoms with van der Waals surface area (Å²) < 4.78 is 10.4. The van der Waals surface area contributed by atoms with E-state index in [2.05, 4.69) is 37.1 Å². The number of hydrogen-bond acceptors (Lipinski definition) is 6. The van der Waals surface area contributed by atoms with Crippen LogP contribution in [-0.4, -0.2) is 55.4 Å². The molecule has 1 N–H and O–H groups in total. The molecule has 9 nitrogen and oxygen atoms in total. The smallest absolute Gasteiger partial charge is 0.352 e. The average Bonchev–Trinajstić information content (AvgIpc) is 3.74. The number of rotatable bonds is 14. The fourth-order valence-electron chi connectivity index (χ4n) is 7.84. The molecule has 0 saturated carbocycles. The number of carboxylic acids is 1. The predicted molar refractivity (Wildman–Crippen MR) is 239 cm³/mol. The maximum Gasteiger partial charge on any atom is 0.352 e. The molecule has 0 bridgehead atoms. The SMILES string of the molecule is C=Cc1c(CCCOc2cc(C)c(Cl)c(C)c2)c2ccc(Cl)c(-c3c(C)ncnc3C)c2n1CCN(C)c1cccc2cc(C(=O)O)n(Cc3ccccn3)c12.CC. The highest BCUT2D eigenvalue weighted by atomic mass is 35.5. The molecule has 300 valence electrons. The lowest BCUT2D eigenvalue weighted by atomic mass is 9.98. The van der Waals surface area contributed by atoms with Gasteiger partial charge in [-0.25, -0.2) is 14.8 Å². The van der Waals surface area contributed by atoms with Crippen LogP contribution in [0.15, 0.2) is 85.8 Å². The number of carbonyl (C=O) groups is 1. The van der Waals surface area contributed by atoms with Gasteiger partial charge in [-0.05, 0) is 106 Å². The lowest BCUT2D eigenvalue weighted by Gasteiger charge is -2.24. The van der Waals surface area contributed by atoms with E-state index in [1.54, 1.807) is 18.6 Å². The van der Waals surface area contributed by atoms with Gasteiger partial charge in [0.15, 0.2) is 0 Å². The molecular formula is C47H50Cl2N6O3. The van der Waals surface area contributed by atoms with Crippen molar-refractivity contribution in [1.82, 2.24) is 24.1 Å². The Morgan fingerprint density at radius 1 is 0.897 bits per heavy atom. The normalized spacial score (nSPS) is 11.1. The Morgan fingerprint density at radius 3 is 2.28 bits per heavy atom. The number of aromatic carboxylic acids is 1. The molecule has 4 aromatic heterocycles. The van der Waals surface area contributed by atoms with Crippen molar-refractivity contribution in [2.75, 3.05) is 25.1 Å². The first-order valence-electron chi connectivity index (χ1n) is 19.6. The van der Waals surface area contributed by atoms with Crippen LogP contribution in [0.25, 0.3) is 39.0 Å². The number of likely N-dealkylation sites (N-methyl/N-ethyl adjacent to an activating group) is 1. The van der Waals surface area contributed by atoms with Crippen LogP contribution in [0.3, 0.4) is 0 Å². The molecule has 0 aliphatic heterocycles. The van der Waals surface area contributed by atoms with Crippen LogP contribution in [0.2, 0.25) is 10.0 Å². The molecule has 3 aromatic carbocycles. The van der Waals surface area contributed by atoms with Gasteiger partial charge in [0.2, 0.25) is 0 Å². The van der Waals surface area contributed by atoms with E-state index >= 15 is 0 Å². The Hall–Kier alpha value is -5.64. The van der Waals surface area contributed by atoms with Crippen molar-refractivity contribution in [2.24, 2.45) is 0 Å². The Labute approximate surface area is 350 Å². The number of aryl methyl sites for hydroxylation is 5. The van der Waals surface area contributed by atoms with E-state index in [4.69, 9.17) is 27.9 Å². The van der Waals surface area contributed by atoms with E-state index in [0.29, 0.717) is 31.3 Å². The van der Waals surface area contributed by atoms with Crippen LogP contribution >= 0.6 is 23.2 Å². The van der Waals surface area contributed by atoms with Crippen molar-refractivity contribution in [2.45, 2.75) is 67.5 Å². The zero-order valence-electron chi connectivity index (χ0n) is 34.2. The maximum atomic E-state index is 12.5. The van der Waals surface area contributed by atoms with E-state index in [1.165, 1.54) is 0 Å². The van der Waals surface area contributed by atoms with Gasteiger partial charge in [-0.3, -0.25) is 4.98 Å². The Kier molecular flexibility index (Phi) is 13.2. The number of carboxylic acid groups (broad SMARTS) is 1. The van der Waals surface area contributed by atoms with Gasteiger partial charge in [0.25, 0.3) is 0 Å². The summed E-state index contributed by atoms with van der Waals surface area (Å²) >= 11 is 13.5. The molecule has 0 amide bonds. The topological polar surface area (TPSA) is 98.3 Å². The molecule has 11 heteroatoms. The quantitative estimate of drug-likeness (QED) is 0.109. The van der Waals surface area contributed by atoms with Gasteiger partial charge in [0.05, 0.1) is 40.6 Å². The van der Waals surface area contributed by atoms with Crippen LogP contribution in [-0.2, 0) is 19.5 Å². The van der Waals surface area contributed by atoms with Crippen molar-refractivity contribution in [1.29, 1.82) is 0 Å². The average molecular weight is 818 g/mol. The number of ether oxygens (including phenoxy) is 1. The van der Waals surface area contributed by atoms with E-state index in [1.807, 2.05) is 114 Å². The molecule has 7 aromatic rings. The van der Waals surface area contributed by atoms with Crippen molar-refractivity contribution in [3.8, 4) is 16.9 Å². The minimum Gasteiger partial charge on any atom is -0.494 e. The third-order valence-electron chi connectivity index (χ3n) is 10.5. The molecule has 58 heavy (non-hydrogen) atoms. The number of nitrogens with zero attached hydrogens (tertiary/aromatic N) is 6. The van der Waals surface area contributed by atoms with Crippen molar-refractivity contribution < 1.29 is 14.6 Å². The zero-order chi connectivity index (χ0) is 41.7. The Balaban J connectivity index is 0.00000279. The fourth-order valence-corrected chi connectivity index (χ4v) is 8.20. The number of anilines is 1. The monoisotopic (exact) mass is 816 g/mol. The molecule has 0 aliphatic carbocycles. The van der Waals surface area contributed by atoms with Crippen molar-refractivity contribution in [3.63, 3.8) is 0 Å². The van der Waals surface area contributed by atoms with Crippen LogP contribution in [0, 0.1) is 27.7 Å². The lowest BCUT2D eigenvalue weighted by molar-refractivity contribution is 0.0686. The van der Waals surface area contributed by atoms with Crippen LogP contribution in [0.1, 0.15) is 70.2 Å². The number of halogens is 2. The molecule has 0 saturated heterocycles. The Bertz CT molecular complexity index is 2570. The molecule has 0 fully saturated rings. The number of hydrogen-bond donors (Lipinski definition) is 1. The first-order valence-corrected chi connectivity index (χ1v) is 20.3. The third-order valence-corrected chi connectivity index (χ3v) is 11.4. The summed E-state index contributed by atoms with van der Waals surface area (Å²) in [6.45, 7) is 18.3. The van der Waals surface area contributed by atoms with Crippen molar-refractivity contribution in [3.05, 3.63) is 141 Å². The second-order valence-electron chi connectivity index (χ2n) is 14.2. The number of fused-ring (bicyclic) bond motifs is 2. The van der Waals surface area contributed by atoms with Crippen LogP contribution in [0.4, 0.5) is 5.69 Å². The molecule has 0 spiro atoms. The van der Waals surface area contributed by atoms with Gasteiger partial charge in [-0.1, -0.05) is 67.9 Å². The predicted octanol–water partition coefficient (Wildman–Crippen LogP) is 11.6. The number of benzene rings is 3. The maximum absolute atomic E-state index is 12.5. The van der Waals surface area contributed by atoms with Gasteiger partial charge < -0.3 is 23.9 Å². The summed E-state index contributed by atoms with van der Waals surface area (Å²) in [5.41, 5.74) is 11.3. The standard InChI is InChI=1S/C45H44Cl2N6O3.C2H6/c1-7-37-34(14-11-21-56-33-22-27(2)42(47)28(3)23-33)35-16-17-36(46)41(40-29(4)49-26-50-30(40)5)44(35)52(37)20-19-51(6)38-15-10-12-31-24-39(45(54)55)53(43(31)38)25-32-13-8-9-18-48-32;1-2/h7-10,12-13,15-18,22-24,26H,1,11,14,19-21,25H2,2-6H3,(H,54,55);1-2H3. The van der Waals surface area contributed by atoms with Gasteiger partial charge in [-0.2, -0.15) is 0 Å². The first kappa shape index (κ1) is 42.0. The number of pyridine rings is 1. The highest BCUT2D eigenvalue weighted by molar-refractivity contribution is 6.35. The summed E-state index contributed by atoms with van der Waals surface area (Å²) in [6, 6.07) is 21.4. The van der Waals surface area contributed by atoms with Crippen LogP contribution in [0.5, 0.6) is 5.75 Å². The molecule has 4 heterocycles. The summed E-state index contributed by atoms with van der Waals surface area (Å²) in [4.78, 5) is 28.3. The molecule has 0 atom stereocenters. The Morgan fingerprint density at radius 2 is 1.62 bits per heavy atom. The van der Waals surface area contributed by atoms with Gasteiger partial charge in [0.1, 0.15) is 17.8 Å². The third kappa shape index (κ3) is 8.33. The van der Waals surface area contributed by atoms with Gasteiger partial charge >= 0.3 is 5.97 Å². The molecule has 0 radical (unpaired) electrons. The second-order valence-corrected chi connectivity index (χ2v) is 14.9. The van der Waals surface area contributed by atoms with Crippen molar-refractivity contribution >= 4 is 62.7 Å². The molecule has 0 aliphatic rings. The number of aromatic nitrogens is 5. The lowest BCUT2D eigenvalue weighted by Crippen LogP contribution is -2.24. The highest BCUT2D eigenvalue weighted by Gasteiger charge is 2.24. The first-order chi connectivity index (χ1) is 28.0. The minimum atomic E-state index is -0.989. The van der Waals surface area contributed by atoms with E-state index < -0.39 is 5.97 Å². The van der Waals surface area contributed by atoms with Gasteiger partial charge in [-0.15, -0.1) is 0 Å². The highest BCUT2D eigenvalue weighted by Crippen LogP contribution is 2.42. The minimum absolute atomic E-state index is 0.210. The largest absolute Gasteiger partial charge is 0.494 e. The molecule has 7 rings (SSSR count). The fraction of sp³-hybridized carbons (Fsp3) is 0.277. The summed E-state index contributed by atoms with van der Waals surface area (Å²) in [5, 5.41) is 13.5. The molecular weight excluding hydrogens is 767 g/mol. The second kappa shape index (κ2) is 18.3. The van der Waals surface area contributed by atoms with E-state index in [9.17, 15) is 9.90 Å². The van der Waals surface area contributed by atoms with Gasteiger partial charge in [0, 0.05) is 70.3 Å². The number of para-hydroxylation sites is 1. The summed E-state index contributed by atoms with van der Waals surface area (Å²) in [5.74, 6) is -0.184.